The first-order valence-electron chi connectivity index (χ1n) is 5.41. The number of pyridine rings is 1. The molecule has 18 heavy (non-hydrogen) atoms. The highest BCUT2D eigenvalue weighted by Crippen LogP contribution is 2.20. The number of rotatable bonds is 2. The van der Waals surface area contributed by atoms with E-state index < -0.39 is 0 Å². The van der Waals surface area contributed by atoms with Crippen molar-refractivity contribution >= 4 is 34.0 Å². The van der Waals surface area contributed by atoms with Crippen molar-refractivity contribution in [1.29, 1.82) is 0 Å². The molecule has 88 valence electrons. The fourth-order valence-electron chi connectivity index (χ4n) is 1.70. The van der Waals surface area contributed by atoms with Gasteiger partial charge in [0.25, 0.3) is 0 Å². The molecule has 0 amide bonds. The van der Waals surface area contributed by atoms with E-state index in [1.807, 2.05) is 30.3 Å². The summed E-state index contributed by atoms with van der Waals surface area (Å²) < 4.78 is 0. The van der Waals surface area contributed by atoms with Crippen molar-refractivity contribution in [2.45, 2.75) is 0 Å². The minimum Gasteiger partial charge on any atom is -0.340 e. The van der Waals surface area contributed by atoms with Gasteiger partial charge in [0.15, 0.2) is 0 Å². The van der Waals surface area contributed by atoms with Gasteiger partial charge in [0.05, 0.1) is 5.52 Å². The van der Waals surface area contributed by atoms with Gasteiger partial charge in [-0.2, -0.15) is 0 Å². The van der Waals surface area contributed by atoms with Crippen LogP contribution in [0, 0.1) is 0 Å². The Labute approximate surface area is 109 Å². The number of benzene rings is 1. The number of nitrogens with one attached hydrogen (secondary N) is 1. The maximum atomic E-state index is 5.81. The number of fused-ring (bicyclic) bond motifs is 1. The van der Waals surface area contributed by atoms with Crippen LogP contribution in [-0.2, 0) is 0 Å². The highest BCUT2D eigenvalue weighted by atomic mass is 35.5. The van der Waals surface area contributed by atoms with E-state index in [-0.39, 0.29) is 0 Å². The number of aromatic nitrogens is 3. The summed E-state index contributed by atoms with van der Waals surface area (Å²) in [5.41, 5.74) is 1.90. The predicted molar refractivity (Wildman–Crippen MR) is 72.1 cm³/mol. The Bertz CT molecular complexity index is 699. The summed E-state index contributed by atoms with van der Waals surface area (Å²) >= 11 is 5.81. The molecule has 3 aromatic rings. The lowest BCUT2D eigenvalue weighted by molar-refractivity contribution is 1.17. The molecule has 0 saturated carbocycles. The van der Waals surface area contributed by atoms with Crippen LogP contribution in [0.25, 0.3) is 10.9 Å². The van der Waals surface area contributed by atoms with Gasteiger partial charge in [0, 0.05) is 23.3 Å². The largest absolute Gasteiger partial charge is 0.340 e. The van der Waals surface area contributed by atoms with Crippen molar-refractivity contribution in [2.24, 2.45) is 0 Å². The van der Waals surface area contributed by atoms with E-state index in [9.17, 15) is 0 Å². The fourth-order valence-corrected chi connectivity index (χ4v) is 1.85. The standard InChI is InChI=1S/C13H9ClN4/c14-12-7-13(17-8-16-12)18-10-3-4-11-9(6-10)2-1-5-15-11/h1-8H,(H,16,17,18). The molecule has 3 rings (SSSR count). The van der Waals surface area contributed by atoms with E-state index >= 15 is 0 Å². The molecule has 5 heteroatoms. The average Bonchev–Trinajstić information content (AvgIpc) is 2.39. The Kier molecular flexibility index (Phi) is 2.78. The number of hydrogen-bond donors (Lipinski definition) is 1. The van der Waals surface area contributed by atoms with Gasteiger partial charge in [0.2, 0.25) is 0 Å². The Morgan fingerprint density at radius 2 is 1.94 bits per heavy atom. The molecule has 0 unspecified atom stereocenters. The fraction of sp³-hybridized carbons (Fsp3) is 0. The highest BCUT2D eigenvalue weighted by molar-refractivity contribution is 6.29. The SMILES string of the molecule is Clc1cc(Nc2ccc3ncccc3c2)ncn1. The Morgan fingerprint density at radius 1 is 1.00 bits per heavy atom. The van der Waals surface area contributed by atoms with Gasteiger partial charge >= 0.3 is 0 Å². The third-order valence-corrected chi connectivity index (χ3v) is 2.72. The maximum absolute atomic E-state index is 5.81. The molecule has 0 radical (unpaired) electrons. The van der Waals surface area contributed by atoms with Gasteiger partial charge in [-0.3, -0.25) is 4.98 Å². The van der Waals surface area contributed by atoms with Crippen LogP contribution in [0.2, 0.25) is 5.15 Å². The van der Waals surface area contributed by atoms with Crippen molar-refractivity contribution in [3.8, 4) is 0 Å². The molecule has 2 aromatic heterocycles. The van der Waals surface area contributed by atoms with Gasteiger partial charge in [0.1, 0.15) is 17.3 Å². The lowest BCUT2D eigenvalue weighted by Gasteiger charge is -2.06. The van der Waals surface area contributed by atoms with Crippen LogP contribution in [0.4, 0.5) is 11.5 Å². The molecule has 0 aliphatic carbocycles. The lowest BCUT2D eigenvalue weighted by Crippen LogP contribution is -1.94. The monoisotopic (exact) mass is 256 g/mol. The Hall–Kier alpha value is -2.20. The summed E-state index contributed by atoms with van der Waals surface area (Å²) in [5.74, 6) is 0.665. The molecule has 0 bridgehead atoms. The molecular weight excluding hydrogens is 248 g/mol. The third-order valence-electron chi connectivity index (χ3n) is 2.51. The van der Waals surface area contributed by atoms with Crippen LogP contribution in [0.5, 0.6) is 0 Å². The summed E-state index contributed by atoms with van der Waals surface area (Å²) in [5, 5.41) is 4.66. The second-order valence-corrected chi connectivity index (χ2v) is 4.15. The van der Waals surface area contributed by atoms with E-state index in [1.165, 1.54) is 6.33 Å². The van der Waals surface area contributed by atoms with Crippen LogP contribution in [-0.4, -0.2) is 15.0 Å². The van der Waals surface area contributed by atoms with Crippen LogP contribution in [0.15, 0.2) is 48.9 Å². The summed E-state index contributed by atoms with van der Waals surface area (Å²) in [4.78, 5) is 12.2. The van der Waals surface area contributed by atoms with Gasteiger partial charge in [-0.05, 0) is 24.3 Å². The van der Waals surface area contributed by atoms with E-state index in [0.717, 1.165) is 16.6 Å². The molecule has 0 spiro atoms. The summed E-state index contributed by atoms with van der Waals surface area (Å²) in [7, 11) is 0. The van der Waals surface area contributed by atoms with Crippen molar-refractivity contribution in [1.82, 2.24) is 15.0 Å². The second kappa shape index (κ2) is 4.58. The van der Waals surface area contributed by atoms with Crippen LogP contribution < -0.4 is 5.32 Å². The van der Waals surface area contributed by atoms with Crippen LogP contribution in [0.3, 0.4) is 0 Å². The molecule has 0 aliphatic rings. The van der Waals surface area contributed by atoms with Gasteiger partial charge < -0.3 is 5.32 Å². The zero-order chi connectivity index (χ0) is 12.4. The molecular formula is C13H9ClN4. The highest BCUT2D eigenvalue weighted by Gasteiger charge is 1.99. The Balaban J connectivity index is 1.95. The lowest BCUT2D eigenvalue weighted by atomic mass is 10.2. The number of halogens is 1. The predicted octanol–water partition coefficient (Wildman–Crippen LogP) is 3.42. The summed E-state index contributed by atoms with van der Waals surface area (Å²) in [6, 6.07) is 11.5. The van der Waals surface area contributed by atoms with Crippen molar-refractivity contribution < 1.29 is 0 Å². The van der Waals surface area contributed by atoms with Gasteiger partial charge in [-0.15, -0.1) is 0 Å². The summed E-state index contributed by atoms with van der Waals surface area (Å²) in [6.45, 7) is 0. The first kappa shape index (κ1) is 10.9. The topological polar surface area (TPSA) is 50.7 Å². The molecule has 1 aromatic carbocycles. The smallest absolute Gasteiger partial charge is 0.135 e. The molecule has 0 saturated heterocycles. The molecule has 2 heterocycles. The molecule has 0 atom stereocenters. The normalized spacial score (nSPS) is 10.5. The van der Waals surface area contributed by atoms with E-state index in [2.05, 4.69) is 20.3 Å². The summed E-state index contributed by atoms with van der Waals surface area (Å²) in [6.07, 6.45) is 3.20. The van der Waals surface area contributed by atoms with Gasteiger partial charge in [-0.25, -0.2) is 9.97 Å². The third kappa shape index (κ3) is 2.24. The number of nitrogens with zero attached hydrogens (tertiary/aromatic N) is 3. The van der Waals surface area contributed by atoms with Gasteiger partial charge in [-0.1, -0.05) is 17.7 Å². The minimum absolute atomic E-state index is 0.412. The molecule has 4 nitrogen and oxygen atoms in total. The number of anilines is 2. The minimum atomic E-state index is 0.412. The zero-order valence-electron chi connectivity index (χ0n) is 9.34. The first-order valence-corrected chi connectivity index (χ1v) is 5.78. The Morgan fingerprint density at radius 3 is 2.83 bits per heavy atom. The van der Waals surface area contributed by atoms with E-state index in [0.29, 0.717) is 11.0 Å². The molecule has 0 fully saturated rings. The van der Waals surface area contributed by atoms with Crippen molar-refractivity contribution in [3.05, 3.63) is 54.1 Å². The maximum Gasteiger partial charge on any atom is 0.135 e. The molecule has 0 aliphatic heterocycles. The molecule has 1 N–H and O–H groups in total. The first-order chi connectivity index (χ1) is 8.81. The van der Waals surface area contributed by atoms with E-state index in [1.54, 1.807) is 12.3 Å². The van der Waals surface area contributed by atoms with E-state index in [4.69, 9.17) is 11.6 Å². The number of hydrogen-bond acceptors (Lipinski definition) is 4. The zero-order valence-corrected chi connectivity index (χ0v) is 10.1. The average molecular weight is 257 g/mol. The van der Waals surface area contributed by atoms with Crippen LogP contribution in [0.1, 0.15) is 0 Å². The van der Waals surface area contributed by atoms with Crippen LogP contribution >= 0.6 is 11.6 Å². The quantitative estimate of drug-likeness (QED) is 0.714. The second-order valence-electron chi connectivity index (χ2n) is 3.76. The van der Waals surface area contributed by atoms with Crippen molar-refractivity contribution in [2.75, 3.05) is 5.32 Å². The van der Waals surface area contributed by atoms with Crippen molar-refractivity contribution in [3.63, 3.8) is 0 Å².